The first-order valence-corrected chi connectivity index (χ1v) is 5.45. The monoisotopic (exact) mass is 212 g/mol. The molecule has 0 aliphatic heterocycles. The quantitative estimate of drug-likeness (QED) is 0.828. The van der Waals surface area contributed by atoms with Gasteiger partial charge in [0.1, 0.15) is 0 Å². The van der Waals surface area contributed by atoms with Crippen molar-refractivity contribution in [2.45, 2.75) is 33.2 Å². The van der Waals surface area contributed by atoms with Gasteiger partial charge in [-0.1, -0.05) is 20.8 Å². The second kappa shape index (κ2) is 4.19. The van der Waals surface area contributed by atoms with Gasteiger partial charge in [-0.25, -0.2) is 0 Å². The molecule has 1 rings (SSSR count). The topological polar surface area (TPSA) is 56.0 Å². The van der Waals surface area contributed by atoms with Gasteiger partial charge in [0.05, 0.1) is 11.6 Å². The summed E-state index contributed by atoms with van der Waals surface area (Å²) in [7, 11) is 0. The molecule has 0 saturated heterocycles. The summed E-state index contributed by atoms with van der Waals surface area (Å²) in [6.07, 6.45) is 2.13. The number of thiazole rings is 1. The molecule has 2 N–H and O–H groups in total. The standard InChI is InChI=1S/C10H16N2OS/c1-10(2,3)9(11)8(13)4-7-5-12-6-14-7/h5-6,9H,4,11H2,1-3H3. The van der Waals surface area contributed by atoms with Gasteiger partial charge in [0, 0.05) is 17.5 Å². The van der Waals surface area contributed by atoms with E-state index in [1.807, 2.05) is 20.8 Å². The Hall–Kier alpha value is -0.740. The van der Waals surface area contributed by atoms with Gasteiger partial charge in [-0.15, -0.1) is 11.3 Å². The van der Waals surface area contributed by atoms with Crippen LogP contribution in [0.15, 0.2) is 11.7 Å². The lowest BCUT2D eigenvalue weighted by Crippen LogP contribution is -2.42. The lowest BCUT2D eigenvalue weighted by Gasteiger charge is -2.25. The second-order valence-corrected chi connectivity index (χ2v) is 5.43. The van der Waals surface area contributed by atoms with Crippen molar-refractivity contribution in [2.75, 3.05) is 0 Å². The molecule has 1 heterocycles. The van der Waals surface area contributed by atoms with Crippen molar-refractivity contribution >= 4 is 17.1 Å². The number of hydrogen-bond donors (Lipinski definition) is 1. The molecule has 1 aromatic rings. The predicted molar refractivity (Wildman–Crippen MR) is 58.3 cm³/mol. The van der Waals surface area contributed by atoms with Crippen molar-refractivity contribution in [1.82, 2.24) is 4.98 Å². The maximum absolute atomic E-state index is 11.7. The minimum absolute atomic E-state index is 0.0850. The summed E-state index contributed by atoms with van der Waals surface area (Å²) in [5.74, 6) is 0.0850. The molecule has 1 atom stereocenters. The zero-order chi connectivity index (χ0) is 10.8. The van der Waals surface area contributed by atoms with Crippen molar-refractivity contribution in [3.8, 4) is 0 Å². The normalized spacial score (nSPS) is 14.0. The third kappa shape index (κ3) is 2.89. The predicted octanol–water partition coefficient (Wildman–Crippen LogP) is 1.63. The molecule has 4 heteroatoms. The maximum atomic E-state index is 11.7. The average molecular weight is 212 g/mol. The molecule has 0 bridgehead atoms. The fraction of sp³-hybridized carbons (Fsp3) is 0.600. The van der Waals surface area contributed by atoms with E-state index in [0.29, 0.717) is 6.42 Å². The Bertz CT molecular complexity index is 300. The van der Waals surface area contributed by atoms with E-state index in [1.165, 1.54) is 11.3 Å². The van der Waals surface area contributed by atoms with Gasteiger partial charge in [0.15, 0.2) is 5.78 Å². The highest BCUT2D eigenvalue weighted by atomic mass is 32.1. The Balaban J connectivity index is 2.59. The van der Waals surface area contributed by atoms with E-state index in [-0.39, 0.29) is 11.2 Å². The van der Waals surface area contributed by atoms with Crippen LogP contribution in [0.25, 0.3) is 0 Å². The van der Waals surface area contributed by atoms with E-state index >= 15 is 0 Å². The van der Waals surface area contributed by atoms with E-state index in [4.69, 9.17) is 5.73 Å². The first-order chi connectivity index (χ1) is 6.41. The SMILES string of the molecule is CC(C)(C)C(N)C(=O)Cc1cncs1. The van der Waals surface area contributed by atoms with Crippen molar-refractivity contribution in [2.24, 2.45) is 11.1 Å². The number of ketones is 1. The lowest BCUT2D eigenvalue weighted by molar-refractivity contribution is -0.121. The number of nitrogens with zero attached hydrogens (tertiary/aromatic N) is 1. The van der Waals surface area contributed by atoms with Crippen molar-refractivity contribution in [1.29, 1.82) is 0 Å². The number of carbonyl (C=O) groups is 1. The number of nitrogens with two attached hydrogens (primary N) is 1. The smallest absolute Gasteiger partial charge is 0.155 e. The molecule has 0 aliphatic rings. The van der Waals surface area contributed by atoms with Crippen LogP contribution in [0.3, 0.4) is 0 Å². The summed E-state index contributed by atoms with van der Waals surface area (Å²) in [5.41, 5.74) is 7.41. The number of aromatic nitrogens is 1. The molecule has 3 nitrogen and oxygen atoms in total. The number of Topliss-reactive ketones (excluding diaryl/α,β-unsaturated/α-hetero) is 1. The van der Waals surface area contributed by atoms with Gasteiger partial charge in [0.2, 0.25) is 0 Å². The van der Waals surface area contributed by atoms with E-state index in [2.05, 4.69) is 4.98 Å². The summed E-state index contributed by atoms with van der Waals surface area (Å²) >= 11 is 1.49. The van der Waals surface area contributed by atoms with Gasteiger partial charge < -0.3 is 5.73 Å². The third-order valence-corrected chi connectivity index (χ3v) is 2.89. The minimum atomic E-state index is -0.399. The Morgan fingerprint density at radius 1 is 1.64 bits per heavy atom. The molecule has 0 radical (unpaired) electrons. The summed E-state index contributed by atoms with van der Waals surface area (Å²) < 4.78 is 0. The zero-order valence-electron chi connectivity index (χ0n) is 8.78. The van der Waals surface area contributed by atoms with Crippen LogP contribution in [0.2, 0.25) is 0 Å². The van der Waals surface area contributed by atoms with Crippen molar-refractivity contribution in [3.63, 3.8) is 0 Å². The number of carbonyl (C=O) groups excluding carboxylic acids is 1. The molecular formula is C10H16N2OS. The molecule has 0 aliphatic carbocycles. The fourth-order valence-corrected chi connectivity index (χ4v) is 1.70. The van der Waals surface area contributed by atoms with Crippen molar-refractivity contribution < 1.29 is 4.79 Å². The van der Waals surface area contributed by atoms with Crippen LogP contribution in [0, 0.1) is 5.41 Å². The Morgan fingerprint density at radius 2 is 2.29 bits per heavy atom. The molecule has 0 saturated carbocycles. The van der Waals surface area contributed by atoms with Gasteiger partial charge >= 0.3 is 0 Å². The largest absolute Gasteiger partial charge is 0.321 e. The summed E-state index contributed by atoms with van der Waals surface area (Å²) in [5, 5.41) is 0. The van der Waals surface area contributed by atoms with E-state index < -0.39 is 6.04 Å². The molecular weight excluding hydrogens is 196 g/mol. The lowest BCUT2D eigenvalue weighted by atomic mass is 9.84. The minimum Gasteiger partial charge on any atom is -0.321 e. The Labute approximate surface area is 88.3 Å². The Kier molecular flexibility index (Phi) is 3.39. The van der Waals surface area contributed by atoms with Gasteiger partial charge in [-0.2, -0.15) is 0 Å². The van der Waals surface area contributed by atoms with Crippen molar-refractivity contribution in [3.05, 3.63) is 16.6 Å². The molecule has 0 aromatic carbocycles. The highest BCUT2D eigenvalue weighted by molar-refractivity contribution is 7.09. The van der Waals surface area contributed by atoms with Crippen LogP contribution >= 0.6 is 11.3 Å². The number of rotatable bonds is 3. The van der Waals surface area contributed by atoms with Gasteiger partial charge in [-0.05, 0) is 5.41 Å². The maximum Gasteiger partial charge on any atom is 0.155 e. The summed E-state index contributed by atoms with van der Waals surface area (Å²) in [6.45, 7) is 5.92. The first-order valence-electron chi connectivity index (χ1n) is 4.57. The second-order valence-electron chi connectivity index (χ2n) is 4.45. The highest BCUT2D eigenvalue weighted by Gasteiger charge is 2.27. The average Bonchev–Trinajstić information content (AvgIpc) is 2.53. The molecule has 0 fully saturated rings. The molecule has 0 spiro atoms. The summed E-state index contributed by atoms with van der Waals surface area (Å²) in [6, 6.07) is -0.399. The molecule has 14 heavy (non-hydrogen) atoms. The third-order valence-electron chi connectivity index (χ3n) is 2.11. The van der Waals surface area contributed by atoms with Crippen LogP contribution in [0.5, 0.6) is 0 Å². The van der Waals surface area contributed by atoms with Gasteiger partial charge in [-0.3, -0.25) is 9.78 Å². The zero-order valence-corrected chi connectivity index (χ0v) is 9.60. The summed E-state index contributed by atoms with van der Waals surface area (Å²) in [4.78, 5) is 16.6. The Morgan fingerprint density at radius 3 is 2.71 bits per heavy atom. The van der Waals surface area contributed by atoms with Crippen LogP contribution in [-0.4, -0.2) is 16.8 Å². The van der Waals surface area contributed by atoms with E-state index in [9.17, 15) is 4.79 Å². The van der Waals surface area contributed by atoms with Crippen LogP contribution in [0.1, 0.15) is 25.6 Å². The highest BCUT2D eigenvalue weighted by Crippen LogP contribution is 2.19. The molecule has 1 unspecified atom stereocenters. The fourth-order valence-electron chi connectivity index (χ4n) is 1.09. The van der Waals surface area contributed by atoms with Crippen LogP contribution < -0.4 is 5.73 Å². The van der Waals surface area contributed by atoms with Crippen LogP contribution in [0.4, 0.5) is 0 Å². The van der Waals surface area contributed by atoms with E-state index in [1.54, 1.807) is 11.7 Å². The van der Waals surface area contributed by atoms with E-state index in [0.717, 1.165) is 4.88 Å². The number of hydrogen-bond acceptors (Lipinski definition) is 4. The molecule has 78 valence electrons. The first kappa shape index (κ1) is 11.3. The molecule has 0 amide bonds. The van der Waals surface area contributed by atoms with Crippen LogP contribution in [-0.2, 0) is 11.2 Å². The van der Waals surface area contributed by atoms with Gasteiger partial charge in [0.25, 0.3) is 0 Å². The molecule has 1 aromatic heterocycles.